The lowest BCUT2D eigenvalue weighted by Gasteiger charge is -2.26. The number of carbonyl (C=O) groups excluding carboxylic acids is 1. The predicted molar refractivity (Wildman–Crippen MR) is 152 cm³/mol. The number of rotatable bonds is 10. The van der Waals surface area contributed by atoms with Crippen LogP contribution < -0.4 is 16.0 Å². The van der Waals surface area contributed by atoms with Crippen molar-refractivity contribution in [2.24, 2.45) is 0 Å². The topological polar surface area (TPSA) is 103 Å². The Kier molecular flexibility index (Phi) is 8.35. The first-order chi connectivity index (χ1) is 18.7. The molecule has 1 aliphatic rings. The Bertz CT molecular complexity index is 1310. The van der Waals surface area contributed by atoms with Gasteiger partial charge in [-0.15, -0.1) is 0 Å². The van der Waals surface area contributed by atoms with Crippen molar-refractivity contribution in [1.29, 1.82) is 0 Å². The number of nitrogens with zero attached hydrogens (tertiary/aromatic N) is 4. The van der Waals surface area contributed by atoms with E-state index in [0.717, 1.165) is 59.1 Å². The minimum Gasteiger partial charge on any atom is -0.339 e. The molecule has 1 aliphatic heterocycles. The number of anilines is 3. The molecule has 5 rings (SSSR count). The molecule has 0 spiro atoms. The number of likely N-dealkylation sites (tertiary alicyclic amines) is 1. The van der Waals surface area contributed by atoms with E-state index in [1.165, 1.54) is 32.4 Å². The van der Waals surface area contributed by atoms with Gasteiger partial charge in [0.2, 0.25) is 0 Å². The summed E-state index contributed by atoms with van der Waals surface area (Å²) in [6.45, 7) is 6.20. The zero-order valence-corrected chi connectivity index (χ0v) is 21.9. The van der Waals surface area contributed by atoms with Gasteiger partial charge >= 0.3 is 6.03 Å². The van der Waals surface area contributed by atoms with Crippen LogP contribution in [0.25, 0.3) is 16.9 Å². The smallest absolute Gasteiger partial charge is 0.319 e. The summed E-state index contributed by atoms with van der Waals surface area (Å²) in [7, 11) is 0. The molecule has 0 radical (unpaired) electrons. The first kappa shape index (κ1) is 25.5. The van der Waals surface area contributed by atoms with E-state index in [1.54, 1.807) is 6.20 Å². The van der Waals surface area contributed by atoms with Gasteiger partial charge in [0.25, 0.3) is 0 Å². The van der Waals surface area contributed by atoms with Crippen molar-refractivity contribution in [1.82, 2.24) is 30.2 Å². The van der Waals surface area contributed by atoms with Crippen molar-refractivity contribution >= 4 is 23.2 Å². The molecule has 2 amide bonds. The van der Waals surface area contributed by atoms with Crippen molar-refractivity contribution in [2.75, 3.05) is 36.8 Å². The van der Waals surface area contributed by atoms with E-state index < -0.39 is 0 Å². The second-order valence-corrected chi connectivity index (χ2v) is 9.65. The van der Waals surface area contributed by atoms with E-state index in [9.17, 15) is 4.79 Å². The standard InChI is InChI=1S/C29H36N8O/c1-2-22-20-24(32-29(38)30-14-6-18-36-16-4-3-5-17-36)10-13-26(22)33-28-21-27(34-35-28)23-8-11-25(12-9-23)37-19-7-15-31-37/h7-13,15,19-21H,2-6,14,16-18H2,1H3,(H2,30,32,38)(H2,33,34,35). The van der Waals surface area contributed by atoms with Gasteiger partial charge in [0.1, 0.15) is 0 Å². The van der Waals surface area contributed by atoms with E-state index in [1.807, 2.05) is 65.5 Å². The van der Waals surface area contributed by atoms with Crippen LogP contribution in [0.1, 0.15) is 38.2 Å². The normalized spacial score (nSPS) is 13.8. The molecular formula is C29H36N8O. The Morgan fingerprint density at radius 1 is 1.05 bits per heavy atom. The van der Waals surface area contributed by atoms with Gasteiger partial charge in [-0.05, 0) is 92.8 Å². The van der Waals surface area contributed by atoms with Crippen molar-refractivity contribution in [3.63, 3.8) is 0 Å². The molecule has 198 valence electrons. The lowest BCUT2D eigenvalue weighted by Crippen LogP contribution is -2.34. The highest BCUT2D eigenvalue weighted by atomic mass is 16.2. The highest BCUT2D eigenvalue weighted by Crippen LogP contribution is 2.27. The molecule has 9 heteroatoms. The van der Waals surface area contributed by atoms with Crippen molar-refractivity contribution < 1.29 is 4.79 Å². The minimum atomic E-state index is -0.165. The first-order valence-electron chi connectivity index (χ1n) is 13.5. The Hall–Kier alpha value is -4.11. The third-order valence-corrected chi connectivity index (χ3v) is 6.92. The lowest BCUT2D eigenvalue weighted by atomic mass is 10.1. The molecule has 4 aromatic rings. The van der Waals surface area contributed by atoms with Crippen LogP contribution in [-0.4, -0.2) is 57.1 Å². The first-order valence-corrected chi connectivity index (χ1v) is 13.5. The quantitative estimate of drug-likeness (QED) is 0.208. The fourth-order valence-corrected chi connectivity index (χ4v) is 4.84. The number of nitrogens with one attached hydrogen (secondary N) is 4. The third-order valence-electron chi connectivity index (χ3n) is 6.92. The van der Waals surface area contributed by atoms with Gasteiger partial charge in [0.15, 0.2) is 5.82 Å². The molecule has 3 heterocycles. The van der Waals surface area contributed by atoms with Gasteiger partial charge in [-0.1, -0.05) is 25.5 Å². The fourth-order valence-electron chi connectivity index (χ4n) is 4.84. The lowest BCUT2D eigenvalue weighted by molar-refractivity contribution is 0.224. The van der Waals surface area contributed by atoms with E-state index in [4.69, 9.17) is 0 Å². The molecule has 1 saturated heterocycles. The zero-order chi connectivity index (χ0) is 26.2. The van der Waals surface area contributed by atoms with E-state index in [-0.39, 0.29) is 6.03 Å². The SMILES string of the molecule is CCc1cc(NC(=O)NCCCN2CCCCC2)ccc1Nc1cc(-c2ccc(-n3cccn3)cc2)[nH]n1. The number of urea groups is 1. The van der Waals surface area contributed by atoms with Gasteiger partial charge < -0.3 is 20.9 Å². The molecule has 0 aliphatic carbocycles. The average Bonchev–Trinajstić information content (AvgIpc) is 3.66. The van der Waals surface area contributed by atoms with E-state index >= 15 is 0 Å². The van der Waals surface area contributed by atoms with Crippen molar-refractivity contribution in [2.45, 2.75) is 39.0 Å². The Labute approximate surface area is 223 Å². The summed E-state index contributed by atoms with van der Waals surface area (Å²) in [5, 5.41) is 21.2. The van der Waals surface area contributed by atoms with Crippen LogP contribution in [0.3, 0.4) is 0 Å². The van der Waals surface area contributed by atoms with Crippen LogP contribution in [0.5, 0.6) is 0 Å². The fraction of sp³-hybridized carbons (Fsp3) is 0.345. The van der Waals surface area contributed by atoms with Gasteiger partial charge in [-0.2, -0.15) is 10.2 Å². The number of carbonyl (C=O) groups is 1. The molecule has 0 saturated carbocycles. The second-order valence-electron chi connectivity index (χ2n) is 9.65. The maximum Gasteiger partial charge on any atom is 0.319 e. The van der Waals surface area contributed by atoms with Gasteiger partial charge in [0, 0.05) is 36.4 Å². The summed E-state index contributed by atoms with van der Waals surface area (Å²) in [4.78, 5) is 14.9. The van der Waals surface area contributed by atoms with Crippen LogP contribution >= 0.6 is 0 Å². The number of aromatic nitrogens is 4. The number of aromatic amines is 1. The second kappa shape index (κ2) is 12.4. The molecule has 0 unspecified atom stereocenters. The Morgan fingerprint density at radius 2 is 1.89 bits per heavy atom. The molecule has 9 nitrogen and oxygen atoms in total. The maximum absolute atomic E-state index is 12.4. The average molecular weight is 513 g/mol. The summed E-state index contributed by atoms with van der Waals surface area (Å²) in [6.07, 6.45) is 9.40. The molecule has 38 heavy (non-hydrogen) atoms. The highest BCUT2D eigenvalue weighted by Gasteiger charge is 2.11. The van der Waals surface area contributed by atoms with Gasteiger partial charge in [0.05, 0.1) is 11.4 Å². The molecule has 2 aromatic carbocycles. The number of H-pyrrole nitrogens is 1. The van der Waals surface area contributed by atoms with Gasteiger partial charge in [-0.3, -0.25) is 5.10 Å². The molecule has 0 atom stereocenters. The number of benzene rings is 2. The molecule has 2 aromatic heterocycles. The van der Waals surface area contributed by atoms with Crippen LogP contribution in [-0.2, 0) is 6.42 Å². The van der Waals surface area contributed by atoms with E-state index in [2.05, 4.69) is 43.1 Å². The number of amides is 2. The molecule has 4 N–H and O–H groups in total. The highest BCUT2D eigenvalue weighted by molar-refractivity contribution is 5.89. The number of piperidine rings is 1. The summed E-state index contributed by atoms with van der Waals surface area (Å²) < 4.78 is 1.83. The van der Waals surface area contributed by atoms with E-state index in [0.29, 0.717) is 6.54 Å². The summed E-state index contributed by atoms with van der Waals surface area (Å²) in [5.74, 6) is 0.734. The molecular weight excluding hydrogens is 476 g/mol. The largest absolute Gasteiger partial charge is 0.339 e. The number of aryl methyl sites for hydroxylation is 1. The van der Waals surface area contributed by atoms with Gasteiger partial charge in [-0.25, -0.2) is 9.48 Å². The minimum absolute atomic E-state index is 0.165. The maximum atomic E-state index is 12.4. The Morgan fingerprint density at radius 3 is 2.66 bits per heavy atom. The van der Waals surface area contributed by atoms with Crippen molar-refractivity contribution in [3.05, 3.63) is 72.6 Å². The molecule has 1 fully saturated rings. The van der Waals surface area contributed by atoms with Crippen molar-refractivity contribution in [3.8, 4) is 16.9 Å². The summed E-state index contributed by atoms with van der Waals surface area (Å²) in [5.41, 5.74) is 5.81. The zero-order valence-electron chi connectivity index (χ0n) is 21.9. The van der Waals surface area contributed by atoms with Crippen LogP contribution in [0, 0.1) is 0 Å². The predicted octanol–water partition coefficient (Wildman–Crippen LogP) is 5.57. The summed E-state index contributed by atoms with van der Waals surface area (Å²) in [6, 6.07) is 17.8. The Balaban J connectivity index is 1.14. The number of hydrogen-bond acceptors (Lipinski definition) is 5. The van der Waals surface area contributed by atoms with Crippen LogP contribution in [0.2, 0.25) is 0 Å². The molecule has 0 bridgehead atoms. The third kappa shape index (κ3) is 6.60. The van der Waals surface area contributed by atoms with Crippen LogP contribution in [0.15, 0.2) is 67.0 Å². The number of hydrogen-bond donors (Lipinski definition) is 4. The van der Waals surface area contributed by atoms with Crippen LogP contribution in [0.4, 0.5) is 22.0 Å². The summed E-state index contributed by atoms with van der Waals surface area (Å²) >= 11 is 0. The monoisotopic (exact) mass is 512 g/mol.